The van der Waals surface area contributed by atoms with Gasteiger partial charge in [-0.1, -0.05) is 11.6 Å². The van der Waals surface area contributed by atoms with Crippen molar-refractivity contribution < 1.29 is 22.7 Å². The second-order valence-corrected chi connectivity index (χ2v) is 3.14. The molecule has 0 saturated heterocycles. The maximum absolute atomic E-state index is 12.3. The molecule has 0 radical (unpaired) electrons. The van der Waals surface area contributed by atoms with Crippen molar-refractivity contribution in [2.24, 2.45) is 0 Å². The summed E-state index contributed by atoms with van der Waals surface area (Å²) in [6.07, 6.45) is -4.01. The summed E-state index contributed by atoms with van der Waals surface area (Å²) in [6.45, 7) is 1.58. The maximum Gasteiger partial charge on any atom is 0.417 e. The molecule has 0 fully saturated rings. The van der Waals surface area contributed by atoms with Gasteiger partial charge in [0, 0.05) is 6.20 Å². The number of carbonyl (C=O) groups excluding carboxylic acids is 1. The van der Waals surface area contributed by atoms with Crippen LogP contribution in [0.5, 0.6) is 0 Å². The van der Waals surface area contributed by atoms with E-state index in [1.165, 1.54) is 6.92 Å². The van der Waals surface area contributed by atoms with E-state index in [1.54, 1.807) is 0 Å². The first-order chi connectivity index (χ1) is 7.36. The molecule has 0 aliphatic heterocycles. The third-order valence-electron chi connectivity index (χ3n) is 1.66. The lowest BCUT2D eigenvalue weighted by Gasteiger charge is -2.08. The van der Waals surface area contributed by atoms with Crippen LogP contribution in [0.4, 0.5) is 13.2 Å². The third-order valence-corrected chi connectivity index (χ3v) is 1.96. The smallest absolute Gasteiger partial charge is 0.417 e. The van der Waals surface area contributed by atoms with Crippen molar-refractivity contribution in [2.75, 3.05) is 6.61 Å². The second-order valence-electron chi connectivity index (χ2n) is 2.78. The molecule has 0 aliphatic rings. The molecule has 0 aromatic carbocycles. The predicted molar refractivity (Wildman–Crippen MR) is 50.2 cm³/mol. The van der Waals surface area contributed by atoms with E-state index >= 15 is 0 Å². The highest BCUT2D eigenvalue weighted by Crippen LogP contribution is 2.30. The van der Waals surface area contributed by atoms with Crippen molar-refractivity contribution in [2.45, 2.75) is 13.1 Å². The van der Waals surface area contributed by atoms with E-state index in [9.17, 15) is 18.0 Å². The number of ether oxygens (including phenoxy) is 1. The normalized spacial score (nSPS) is 11.3. The molecule has 0 saturated carbocycles. The van der Waals surface area contributed by atoms with Gasteiger partial charge in [-0.25, -0.2) is 9.78 Å². The Kier molecular flexibility index (Phi) is 3.74. The Balaban J connectivity index is 3.14. The Morgan fingerprint density at radius 2 is 2.19 bits per heavy atom. The highest BCUT2D eigenvalue weighted by atomic mass is 35.5. The Bertz CT molecular complexity index is 406. The Morgan fingerprint density at radius 3 is 2.69 bits per heavy atom. The van der Waals surface area contributed by atoms with Gasteiger partial charge in [0.05, 0.1) is 17.7 Å². The highest BCUT2D eigenvalue weighted by Gasteiger charge is 2.32. The van der Waals surface area contributed by atoms with Gasteiger partial charge in [0.15, 0.2) is 0 Å². The molecule has 88 valence electrons. The van der Waals surface area contributed by atoms with E-state index in [0.29, 0.717) is 12.3 Å². The summed E-state index contributed by atoms with van der Waals surface area (Å²) >= 11 is 5.50. The van der Waals surface area contributed by atoms with Crippen molar-refractivity contribution in [1.82, 2.24) is 4.98 Å². The van der Waals surface area contributed by atoms with Gasteiger partial charge in [-0.15, -0.1) is 0 Å². The zero-order valence-electron chi connectivity index (χ0n) is 8.14. The van der Waals surface area contributed by atoms with E-state index in [-0.39, 0.29) is 11.8 Å². The van der Waals surface area contributed by atoms with Gasteiger partial charge in [0.2, 0.25) is 0 Å². The van der Waals surface area contributed by atoms with Crippen LogP contribution in [-0.2, 0) is 10.9 Å². The minimum absolute atomic E-state index is 0.0470. The van der Waals surface area contributed by atoms with Crippen LogP contribution < -0.4 is 0 Å². The largest absolute Gasteiger partial charge is 0.462 e. The molecule has 16 heavy (non-hydrogen) atoms. The van der Waals surface area contributed by atoms with Crippen LogP contribution in [0.3, 0.4) is 0 Å². The van der Waals surface area contributed by atoms with E-state index in [4.69, 9.17) is 11.6 Å². The van der Waals surface area contributed by atoms with Crippen molar-refractivity contribution in [3.05, 3.63) is 28.5 Å². The van der Waals surface area contributed by atoms with Crippen molar-refractivity contribution in [3.8, 4) is 0 Å². The quantitative estimate of drug-likeness (QED) is 0.601. The molecular formula is C9H7ClF3NO2. The molecule has 1 heterocycles. The Morgan fingerprint density at radius 1 is 1.56 bits per heavy atom. The molecule has 1 aromatic rings. The fourth-order valence-corrected chi connectivity index (χ4v) is 1.14. The van der Waals surface area contributed by atoms with Gasteiger partial charge in [-0.2, -0.15) is 13.2 Å². The fraction of sp³-hybridized carbons (Fsp3) is 0.333. The standard InChI is InChI=1S/C9H7ClF3NO2/c1-2-16-8(15)6-3-5(9(11,12)13)4-14-7(6)10/h3-4H,2H2,1H3. The van der Waals surface area contributed by atoms with Gasteiger partial charge < -0.3 is 4.74 Å². The minimum Gasteiger partial charge on any atom is -0.462 e. The van der Waals surface area contributed by atoms with E-state index < -0.39 is 23.3 Å². The lowest BCUT2D eigenvalue weighted by molar-refractivity contribution is -0.137. The van der Waals surface area contributed by atoms with Gasteiger partial charge in [0.1, 0.15) is 5.15 Å². The van der Waals surface area contributed by atoms with Crippen LogP contribution in [0.1, 0.15) is 22.8 Å². The van der Waals surface area contributed by atoms with Crippen molar-refractivity contribution in [3.63, 3.8) is 0 Å². The lowest BCUT2D eigenvalue weighted by Crippen LogP contribution is -2.11. The lowest BCUT2D eigenvalue weighted by atomic mass is 10.2. The van der Waals surface area contributed by atoms with Crippen LogP contribution in [0.15, 0.2) is 12.3 Å². The molecule has 0 unspecified atom stereocenters. The summed E-state index contributed by atoms with van der Waals surface area (Å²) in [5.74, 6) is -0.925. The maximum atomic E-state index is 12.3. The van der Waals surface area contributed by atoms with Gasteiger partial charge >= 0.3 is 12.1 Å². The molecule has 7 heteroatoms. The zero-order chi connectivity index (χ0) is 12.3. The number of aromatic nitrogens is 1. The molecule has 0 bridgehead atoms. The molecule has 0 spiro atoms. The van der Waals surface area contributed by atoms with Gasteiger partial charge in [-0.3, -0.25) is 0 Å². The van der Waals surface area contributed by atoms with Crippen LogP contribution in [0.25, 0.3) is 0 Å². The van der Waals surface area contributed by atoms with Gasteiger partial charge in [0.25, 0.3) is 0 Å². The van der Waals surface area contributed by atoms with Gasteiger partial charge in [-0.05, 0) is 13.0 Å². The van der Waals surface area contributed by atoms with Crippen LogP contribution in [0, 0.1) is 0 Å². The highest BCUT2D eigenvalue weighted by molar-refractivity contribution is 6.32. The van der Waals surface area contributed by atoms with E-state index in [1.807, 2.05) is 0 Å². The van der Waals surface area contributed by atoms with Crippen LogP contribution in [0.2, 0.25) is 5.15 Å². The average Bonchev–Trinajstić information content (AvgIpc) is 2.16. The first kappa shape index (κ1) is 12.8. The number of carbonyl (C=O) groups is 1. The SMILES string of the molecule is CCOC(=O)c1cc(C(F)(F)F)cnc1Cl. The number of nitrogens with zero attached hydrogens (tertiary/aromatic N) is 1. The molecule has 0 atom stereocenters. The summed E-state index contributed by atoms with van der Waals surface area (Å²) in [7, 11) is 0. The van der Waals surface area contributed by atoms with Crippen molar-refractivity contribution in [1.29, 1.82) is 0 Å². The van der Waals surface area contributed by atoms with Crippen LogP contribution >= 0.6 is 11.6 Å². The first-order valence-corrected chi connectivity index (χ1v) is 4.64. The molecular weight excluding hydrogens is 247 g/mol. The van der Waals surface area contributed by atoms with Crippen molar-refractivity contribution >= 4 is 17.6 Å². The summed E-state index contributed by atoms with van der Waals surface area (Å²) in [5.41, 5.74) is -1.43. The van der Waals surface area contributed by atoms with E-state index in [2.05, 4.69) is 9.72 Å². The molecule has 0 aliphatic carbocycles. The molecule has 3 nitrogen and oxygen atoms in total. The third kappa shape index (κ3) is 2.85. The predicted octanol–water partition coefficient (Wildman–Crippen LogP) is 2.93. The zero-order valence-corrected chi connectivity index (χ0v) is 8.89. The second kappa shape index (κ2) is 4.69. The number of halogens is 4. The number of pyridine rings is 1. The topological polar surface area (TPSA) is 39.2 Å². The molecule has 0 amide bonds. The number of esters is 1. The first-order valence-electron chi connectivity index (χ1n) is 4.26. The number of hydrogen-bond donors (Lipinski definition) is 0. The summed E-state index contributed by atoms with van der Waals surface area (Å²) in [6, 6.07) is 0.618. The average molecular weight is 254 g/mol. The molecule has 1 rings (SSSR count). The summed E-state index contributed by atoms with van der Waals surface area (Å²) in [4.78, 5) is 14.5. The molecule has 0 N–H and O–H groups in total. The Labute approximate surface area is 94.2 Å². The van der Waals surface area contributed by atoms with Crippen LogP contribution in [-0.4, -0.2) is 17.6 Å². The number of alkyl halides is 3. The molecule has 1 aromatic heterocycles. The number of hydrogen-bond acceptors (Lipinski definition) is 3. The monoisotopic (exact) mass is 253 g/mol. The minimum atomic E-state index is -4.57. The van der Waals surface area contributed by atoms with E-state index in [0.717, 1.165) is 0 Å². The summed E-state index contributed by atoms with van der Waals surface area (Å²) in [5, 5.41) is -0.313. The fourth-order valence-electron chi connectivity index (χ4n) is 0.955. The Hall–Kier alpha value is -1.30. The number of rotatable bonds is 2. The summed E-state index contributed by atoms with van der Waals surface area (Å²) < 4.78 is 41.5.